The third-order valence-corrected chi connectivity index (χ3v) is 4.30. The molecule has 2 aliphatic rings. The van der Waals surface area contributed by atoms with Crippen molar-refractivity contribution in [3.63, 3.8) is 0 Å². The summed E-state index contributed by atoms with van der Waals surface area (Å²) in [4.78, 5) is 2.66. The number of nitrogens with zero attached hydrogens (tertiary/aromatic N) is 3. The van der Waals surface area contributed by atoms with E-state index in [1.54, 1.807) is 0 Å². The molecule has 3 rings (SSSR count). The minimum atomic E-state index is 0.763. The molecule has 1 aromatic rings. The predicted octanol–water partition coefficient (Wildman–Crippen LogP) is 1.18. The van der Waals surface area contributed by atoms with Gasteiger partial charge in [-0.2, -0.15) is 5.10 Å². The van der Waals surface area contributed by atoms with Crippen LogP contribution in [-0.4, -0.2) is 46.4 Å². The maximum Gasteiger partial charge on any atom is 0.0492 e. The zero-order valence-electron chi connectivity index (χ0n) is 11.3. The summed E-state index contributed by atoms with van der Waals surface area (Å²) in [5.74, 6) is 0. The number of likely N-dealkylation sites (tertiary alicyclic amines) is 1. The lowest BCUT2D eigenvalue weighted by Gasteiger charge is -2.24. The third kappa shape index (κ3) is 2.93. The van der Waals surface area contributed by atoms with Crippen molar-refractivity contribution in [3.05, 3.63) is 18.0 Å². The molecule has 1 N–H and O–H groups in total. The molecule has 0 radical (unpaired) electrons. The van der Waals surface area contributed by atoms with Crippen molar-refractivity contribution in [1.29, 1.82) is 0 Å². The summed E-state index contributed by atoms with van der Waals surface area (Å²) < 4.78 is 1.99. The normalized spacial score (nSPS) is 24.8. The van der Waals surface area contributed by atoms with Gasteiger partial charge in [0.1, 0.15) is 0 Å². The molecule has 2 heterocycles. The van der Waals surface area contributed by atoms with Crippen LogP contribution in [0, 0.1) is 0 Å². The van der Waals surface area contributed by atoms with Crippen LogP contribution in [0.5, 0.6) is 0 Å². The van der Waals surface area contributed by atoms with Crippen LogP contribution < -0.4 is 5.32 Å². The average molecular weight is 248 g/mol. The maximum absolute atomic E-state index is 4.23. The van der Waals surface area contributed by atoms with Crippen LogP contribution in [0.4, 0.5) is 0 Å². The molecule has 0 bridgehead atoms. The van der Waals surface area contributed by atoms with Gasteiger partial charge in [-0.05, 0) is 38.3 Å². The van der Waals surface area contributed by atoms with Crippen LogP contribution in [0.15, 0.2) is 12.3 Å². The summed E-state index contributed by atoms with van der Waals surface area (Å²) in [5.41, 5.74) is 1.34. The molecule has 1 aliphatic heterocycles. The molecule has 0 amide bonds. The zero-order valence-corrected chi connectivity index (χ0v) is 11.3. The molecule has 1 unspecified atom stereocenters. The Morgan fingerprint density at radius 2 is 2.28 bits per heavy atom. The van der Waals surface area contributed by atoms with Crippen molar-refractivity contribution >= 4 is 0 Å². The topological polar surface area (TPSA) is 33.1 Å². The van der Waals surface area contributed by atoms with Crippen molar-refractivity contribution in [1.82, 2.24) is 20.0 Å². The summed E-state index contributed by atoms with van der Waals surface area (Å²) in [6, 6.07) is 3.73. The Labute approximate surface area is 109 Å². The molecule has 1 aromatic heterocycles. The largest absolute Gasteiger partial charge is 0.312 e. The van der Waals surface area contributed by atoms with Gasteiger partial charge in [0.15, 0.2) is 0 Å². The molecule has 1 saturated carbocycles. The van der Waals surface area contributed by atoms with Crippen LogP contribution in [0.3, 0.4) is 0 Å². The van der Waals surface area contributed by atoms with Gasteiger partial charge < -0.3 is 5.32 Å². The van der Waals surface area contributed by atoms with E-state index in [1.165, 1.54) is 51.0 Å². The van der Waals surface area contributed by atoms with Crippen molar-refractivity contribution in [2.24, 2.45) is 7.05 Å². The van der Waals surface area contributed by atoms with Crippen LogP contribution in [0.1, 0.15) is 31.4 Å². The van der Waals surface area contributed by atoms with Gasteiger partial charge >= 0.3 is 0 Å². The maximum atomic E-state index is 4.23. The highest BCUT2D eigenvalue weighted by Crippen LogP contribution is 2.21. The minimum Gasteiger partial charge on any atom is -0.312 e. The molecule has 1 aliphatic carbocycles. The van der Waals surface area contributed by atoms with E-state index in [9.17, 15) is 0 Å². The fraction of sp³-hybridized carbons (Fsp3) is 0.786. The highest BCUT2D eigenvalue weighted by molar-refractivity contribution is 5.01. The van der Waals surface area contributed by atoms with E-state index in [1.807, 2.05) is 17.9 Å². The minimum absolute atomic E-state index is 0.763. The SMILES string of the molecule is Cn1nccc1CCN1CCCC1CNC1CC1. The average Bonchev–Trinajstić information content (AvgIpc) is 2.94. The summed E-state index contributed by atoms with van der Waals surface area (Å²) >= 11 is 0. The Hall–Kier alpha value is -0.870. The number of rotatable bonds is 6. The fourth-order valence-electron chi connectivity index (χ4n) is 2.92. The second-order valence-corrected chi connectivity index (χ2v) is 5.71. The lowest BCUT2D eigenvalue weighted by molar-refractivity contribution is 0.248. The molecule has 18 heavy (non-hydrogen) atoms. The van der Waals surface area contributed by atoms with Crippen LogP contribution >= 0.6 is 0 Å². The molecule has 0 spiro atoms. The van der Waals surface area contributed by atoms with Gasteiger partial charge in [-0.25, -0.2) is 0 Å². The second-order valence-electron chi connectivity index (χ2n) is 5.71. The van der Waals surface area contributed by atoms with Gasteiger partial charge in [0.2, 0.25) is 0 Å². The van der Waals surface area contributed by atoms with Crippen LogP contribution in [0.25, 0.3) is 0 Å². The van der Waals surface area contributed by atoms with Gasteiger partial charge in [-0.1, -0.05) is 0 Å². The van der Waals surface area contributed by atoms with E-state index in [0.29, 0.717) is 0 Å². The van der Waals surface area contributed by atoms with E-state index in [2.05, 4.69) is 21.4 Å². The lowest BCUT2D eigenvalue weighted by Crippen LogP contribution is -2.39. The number of hydrogen-bond acceptors (Lipinski definition) is 3. The molecule has 100 valence electrons. The zero-order chi connectivity index (χ0) is 12.4. The first-order valence-electron chi connectivity index (χ1n) is 7.27. The van der Waals surface area contributed by atoms with Gasteiger partial charge in [0, 0.05) is 50.5 Å². The first-order valence-corrected chi connectivity index (χ1v) is 7.27. The Bertz CT molecular complexity index is 383. The second kappa shape index (κ2) is 5.41. The van der Waals surface area contributed by atoms with Crippen molar-refractivity contribution in [2.45, 2.75) is 44.2 Å². The van der Waals surface area contributed by atoms with Crippen molar-refractivity contribution in [3.8, 4) is 0 Å². The summed E-state index contributed by atoms with van der Waals surface area (Å²) in [6.45, 7) is 3.64. The number of aromatic nitrogens is 2. The first kappa shape index (κ1) is 12.2. The Balaban J connectivity index is 1.46. The van der Waals surface area contributed by atoms with E-state index < -0.39 is 0 Å². The Morgan fingerprint density at radius 3 is 3.00 bits per heavy atom. The number of aryl methyl sites for hydroxylation is 1. The fourth-order valence-corrected chi connectivity index (χ4v) is 2.92. The molecule has 1 saturated heterocycles. The summed E-state index contributed by atoms with van der Waals surface area (Å²) in [5, 5.41) is 7.91. The molecule has 4 nitrogen and oxygen atoms in total. The van der Waals surface area contributed by atoms with E-state index in [0.717, 1.165) is 18.5 Å². The Kier molecular flexibility index (Phi) is 3.66. The monoisotopic (exact) mass is 248 g/mol. The standard InChI is InChI=1S/C14H24N4/c1-17-13(6-8-16-17)7-10-18-9-2-3-14(18)11-15-12-4-5-12/h6,8,12,14-15H,2-5,7,9-11H2,1H3. The van der Waals surface area contributed by atoms with Crippen molar-refractivity contribution < 1.29 is 0 Å². The molecule has 4 heteroatoms. The van der Waals surface area contributed by atoms with Gasteiger partial charge in [-0.3, -0.25) is 9.58 Å². The number of nitrogens with one attached hydrogen (secondary N) is 1. The Morgan fingerprint density at radius 1 is 1.39 bits per heavy atom. The molecular weight excluding hydrogens is 224 g/mol. The highest BCUT2D eigenvalue weighted by atomic mass is 15.3. The van der Waals surface area contributed by atoms with E-state index in [-0.39, 0.29) is 0 Å². The third-order valence-electron chi connectivity index (χ3n) is 4.30. The van der Waals surface area contributed by atoms with Crippen molar-refractivity contribution in [2.75, 3.05) is 19.6 Å². The summed E-state index contributed by atoms with van der Waals surface area (Å²) in [7, 11) is 2.03. The predicted molar refractivity (Wildman–Crippen MR) is 72.5 cm³/mol. The van der Waals surface area contributed by atoms with Crippen LogP contribution in [-0.2, 0) is 13.5 Å². The molecular formula is C14H24N4. The van der Waals surface area contributed by atoms with Gasteiger partial charge in [0.05, 0.1) is 0 Å². The van der Waals surface area contributed by atoms with Gasteiger partial charge in [-0.15, -0.1) is 0 Å². The smallest absolute Gasteiger partial charge is 0.0492 e. The molecule has 1 atom stereocenters. The van der Waals surface area contributed by atoms with E-state index >= 15 is 0 Å². The molecule has 2 fully saturated rings. The van der Waals surface area contributed by atoms with E-state index in [4.69, 9.17) is 0 Å². The van der Waals surface area contributed by atoms with Gasteiger partial charge in [0.25, 0.3) is 0 Å². The quantitative estimate of drug-likeness (QED) is 0.820. The number of hydrogen-bond donors (Lipinski definition) is 1. The lowest BCUT2D eigenvalue weighted by atomic mass is 10.2. The first-order chi connectivity index (χ1) is 8.83. The van der Waals surface area contributed by atoms with Crippen LogP contribution in [0.2, 0.25) is 0 Å². The highest BCUT2D eigenvalue weighted by Gasteiger charge is 2.27. The summed E-state index contributed by atoms with van der Waals surface area (Å²) in [6.07, 6.45) is 8.53. The molecule has 0 aromatic carbocycles.